The zero-order chi connectivity index (χ0) is 17.3. The topological polar surface area (TPSA) is 42.0 Å². The monoisotopic (exact) mass is 330 g/mol. The SMILES string of the molecule is CC(=O)c1cccc(Nc2ccnc3ccc(C(F)(F)F)cc23)c1. The van der Waals surface area contributed by atoms with E-state index in [1.54, 1.807) is 30.3 Å². The Hall–Kier alpha value is -2.89. The third kappa shape index (κ3) is 3.22. The quantitative estimate of drug-likeness (QED) is 0.671. The van der Waals surface area contributed by atoms with Gasteiger partial charge in [-0.25, -0.2) is 0 Å². The van der Waals surface area contributed by atoms with Crippen molar-refractivity contribution in [2.45, 2.75) is 13.1 Å². The first-order chi connectivity index (χ1) is 11.3. The van der Waals surface area contributed by atoms with Crippen LogP contribution in [0.15, 0.2) is 54.7 Å². The van der Waals surface area contributed by atoms with Gasteiger partial charge < -0.3 is 5.32 Å². The van der Waals surface area contributed by atoms with Gasteiger partial charge >= 0.3 is 6.18 Å². The van der Waals surface area contributed by atoms with Crippen LogP contribution in [0.3, 0.4) is 0 Å². The summed E-state index contributed by atoms with van der Waals surface area (Å²) in [5.74, 6) is -0.0856. The molecule has 0 aliphatic heterocycles. The smallest absolute Gasteiger partial charge is 0.355 e. The van der Waals surface area contributed by atoms with E-state index >= 15 is 0 Å². The normalized spacial score (nSPS) is 11.5. The predicted octanol–water partition coefficient (Wildman–Crippen LogP) is 5.20. The fourth-order valence-electron chi connectivity index (χ4n) is 2.40. The lowest BCUT2D eigenvalue weighted by Gasteiger charge is -2.12. The molecule has 0 radical (unpaired) electrons. The van der Waals surface area contributed by atoms with Crippen LogP contribution in [0.25, 0.3) is 10.9 Å². The number of pyridine rings is 1. The molecule has 1 aromatic heterocycles. The van der Waals surface area contributed by atoms with Gasteiger partial charge in [0, 0.05) is 28.5 Å². The number of hydrogen-bond acceptors (Lipinski definition) is 3. The predicted molar refractivity (Wildman–Crippen MR) is 86.5 cm³/mol. The Balaban J connectivity index is 2.06. The summed E-state index contributed by atoms with van der Waals surface area (Å²) in [6.07, 6.45) is -2.90. The number of nitrogens with one attached hydrogen (secondary N) is 1. The number of rotatable bonds is 3. The van der Waals surface area contributed by atoms with Crippen LogP contribution in [0.4, 0.5) is 24.5 Å². The molecule has 2 aromatic carbocycles. The zero-order valence-corrected chi connectivity index (χ0v) is 12.7. The molecular weight excluding hydrogens is 317 g/mol. The molecule has 0 unspecified atom stereocenters. The highest BCUT2D eigenvalue weighted by molar-refractivity contribution is 5.96. The number of nitrogens with zero attached hydrogens (tertiary/aromatic N) is 1. The lowest BCUT2D eigenvalue weighted by Crippen LogP contribution is -2.05. The molecule has 3 rings (SSSR count). The Morgan fingerprint density at radius 3 is 2.58 bits per heavy atom. The molecule has 122 valence electrons. The fourth-order valence-corrected chi connectivity index (χ4v) is 2.40. The van der Waals surface area contributed by atoms with Crippen molar-refractivity contribution in [2.24, 2.45) is 0 Å². The molecule has 0 amide bonds. The van der Waals surface area contributed by atoms with Crippen molar-refractivity contribution in [1.82, 2.24) is 4.98 Å². The number of alkyl halides is 3. The molecule has 0 atom stereocenters. The van der Waals surface area contributed by atoms with Gasteiger partial charge in [-0.1, -0.05) is 12.1 Å². The van der Waals surface area contributed by atoms with Crippen molar-refractivity contribution in [1.29, 1.82) is 0 Å². The third-order valence-electron chi connectivity index (χ3n) is 3.62. The second-order valence-corrected chi connectivity index (χ2v) is 5.35. The minimum atomic E-state index is -4.42. The van der Waals surface area contributed by atoms with Crippen LogP contribution in [-0.2, 0) is 6.18 Å². The maximum Gasteiger partial charge on any atom is 0.416 e. The Kier molecular flexibility index (Phi) is 3.97. The van der Waals surface area contributed by atoms with Crippen molar-refractivity contribution in [3.05, 3.63) is 65.9 Å². The minimum absolute atomic E-state index is 0.0856. The van der Waals surface area contributed by atoms with Crippen molar-refractivity contribution >= 4 is 28.1 Å². The van der Waals surface area contributed by atoms with Crippen LogP contribution in [0.1, 0.15) is 22.8 Å². The second kappa shape index (κ2) is 5.96. The molecular formula is C18H13F3N2O. The van der Waals surface area contributed by atoms with E-state index in [9.17, 15) is 18.0 Å². The summed E-state index contributed by atoms with van der Waals surface area (Å²) in [6.45, 7) is 1.45. The molecule has 1 heterocycles. The molecule has 24 heavy (non-hydrogen) atoms. The van der Waals surface area contributed by atoms with Crippen molar-refractivity contribution in [3.8, 4) is 0 Å². The average Bonchev–Trinajstić information content (AvgIpc) is 2.54. The molecule has 0 spiro atoms. The number of anilines is 2. The van der Waals surface area contributed by atoms with Gasteiger partial charge in [0.1, 0.15) is 0 Å². The number of carbonyl (C=O) groups is 1. The number of halogens is 3. The molecule has 0 aliphatic rings. The van der Waals surface area contributed by atoms with Gasteiger partial charge in [-0.15, -0.1) is 0 Å². The van der Waals surface area contributed by atoms with Gasteiger partial charge in [0.25, 0.3) is 0 Å². The molecule has 3 nitrogen and oxygen atoms in total. The highest BCUT2D eigenvalue weighted by Crippen LogP contribution is 2.33. The van der Waals surface area contributed by atoms with Gasteiger partial charge in [-0.3, -0.25) is 9.78 Å². The third-order valence-corrected chi connectivity index (χ3v) is 3.62. The van der Waals surface area contributed by atoms with E-state index in [1.165, 1.54) is 19.2 Å². The second-order valence-electron chi connectivity index (χ2n) is 5.35. The Labute approximate surface area is 136 Å². The molecule has 0 fully saturated rings. The highest BCUT2D eigenvalue weighted by Gasteiger charge is 2.30. The fraction of sp³-hybridized carbons (Fsp3) is 0.111. The molecule has 3 aromatic rings. The maximum absolute atomic E-state index is 12.9. The number of benzene rings is 2. The van der Waals surface area contributed by atoms with E-state index in [2.05, 4.69) is 10.3 Å². The Morgan fingerprint density at radius 1 is 1.08 bits per heavy atom. The zero-order valence-electron chi connectivity index (χ0n) is 12.7. The minimum Gasteiger partial charge on any atom is -0.355 e. The number of Topliss-reactive ketones (excluding diaryl/α,β-unsaturated/α-hetero) is 1. The Bertz CT molecular complexity index is 920. The van der Waals surface area contributed by atoms with Crippen molar-refractivity contribution < 1.29 is 18.0 Å². The van der Waals surface area contributed by atoms with Gasteiger partial charge in [0.15, 0.2) is 5.78 Å². The lowest BCUT2D eigenvalue weighted by molar-refractivity contribution is -0.137. The van der Waals surface area contributed by atoms with Crippen LogP contribution in [-0.4, -0.2) is 10.8 Å². The van der Waals surface area contributed by atoms with Gasteiger partial charge in [0.2, 0.25) is 0 Å². The van der Waals surface area contributed by atoms with Gasteiger partial charge in [0.05, 0.1) is 11.1 Å². The molecule has 0 aliphatic carbocycles. The van der Waals surface area contributed by atoms with E-state index in [1.807, 2.05) is 0 Å². The summed E-state index contributed by atoms with van der Waals surface area (Å²) in [5, 5.41) is 3.42. The summed E-state index contributed by atoms with van der Waals surface area (Å²) in [6, 6.07) is 11.8. The van der Waals surface area contributed by atoms with Crippen LogP contribution in [0.5, 0.6) is 0 Å². The van der Waals surface area contributed by atoms with Crippen LogP contribution < -0.4 is 5.32 Å². The molecule has 0 bridgehead atoms. The molecule has 0 saturated carbocycles. The summed E-state index contributed by atoms with van der Waals surface area (Å²) in [7, 11) is 0. The molecule has 6 heteroatoms. The first kappa shape index (κ1) is 16.0. The number of aromatic nitrogens is 1. The van der Waals surface area contributed by atoms with Crippen molar-refractivity contribution in [3.63, 3.8) is 0 Å². The van der Waals surface area contributed by atoms with Crippen LogP contribution >= 0.6 is 0 Å². The summed E-state index contributed by atoms with van der Waals surface area (Å²) in [5.41, 5.74) is 1.35. The van der Waals surface area contributed by atoms with E-state index in [4.69, 9.17) is 0 Å². The highest BCUT2D eigenvalue weighted by atomic mass is 19.4. The largest absolute Gasteiger partial charge is 0.416 e. The standard InChI is InChI=1S/C18H13F3N2O/c1-11(24)12-3-2-4-14(9-12)23-17-7-8-22-16-6-5-13(10-15(16)17)18(19,20)21/h2-10H,1H3,(H,22,23). The van der Waals surface area contributed by atoms with E-state index in [0.717, 1.165) is 12.1 Å². The van der Waals surface area contributed by atoms with Crippen LogP contribution in [0, 0.1) is 0 Å². The summed E-state index contributed by atoms with van der Waals surface area (Å²) >= 11 is 0. The Morgan fingerprint density at radius 2 is 1.88 bits per heavy atom. The van der Waals surface area contributed by atoms with Crippen LogP contribution in [0.2, 0.25) is 0 Å². The molecule has 0 saturated heterocycles. The number of hydrogen-bond donors (Lipinski definition) is 1. The number of carbonyl (C=O) groups excluding carboxylic acids is 1. The first-order valence-electron chi connectivity index (χ1n) is 7.18. The molecule has 1 N–H and O–H groups in total. The van der Waals surface area contributed by atoms with Gasteiger partial charge in [-0.05, 0) is 43.3 Å². The van der Waals surface area contributed by atoms with E-state index in [0.29, 0.717) is 27.8 Å². The van der Waals surface area contributed by atoms with Crippen molar-refractivity contribution in [2.75, 3.05) is 5.32 Å². The van der Waals surface area contributed by atoms with E-state index in [-0.39, 0.29) is 5.78 Å². The lowest BCUT2D eigenvalue weighted by atomic mass is 10.1. The number of fused-ring (bicyclic) bond motifs is 1. The first-order valence-corrected chi connectivity index (χ1v) is 7.18. The average molecular weight is 330 g/mol. The summed E-state index contributed by atoms with van der Waals surface area (Å²) in [4.78, 5) is 15.5. The van der Waals surface area contributed by atoms with E-state index < -0.39 is 11.7 Å². The van der Waals surface area contributed by atoms with Gasteiger partial charge in [-0.2, -0.15) is 13.2 Å². The maximum atomic E-state index is 12.9. The number of ketones is 1. The summed E-state index contributed by atoms with van der Waals surface area (Å²) < 4.78 is 38.8.